The number of likely N-dealkylation sites (N-methyl/N-ethyl adjacent to an activating group) is 1. The van der Waals surface area contributed by atoms with Gasteiger partial charge >= 0.3 is 0 Å². The Hall–Kier alpha value is -0.940. The number of rotatable bonds is 6. The third-order valence-corrected chi connectivity index (χ3v) is 2.92. The van der Waals surface area contributed by atoms with Crippen molar-refractivity contribution in [2.75, 3.05) is 13.1 Å². The lowest BCUT2D eigenvalue weighted by Gasteiger charge is -2.14. The van der Waals surface area contributed by atoms with Gasteiger partial charge in [0.05, 0.1) is 12.6 Å². The lowest BCUT2D eigenvalue weighted by Crippen LogP contribution is -2.36. The van der Waals surface area contributed by atoms with Crippen LogP contribution in [0.4, 0.5) is 0 Å². The van der Waals surface area contributed by atoms with Gasteiger partial charge < -0.3 is 10.6 Å². The van der Waals surface area contributed by atoms with Crippen molar-refractivity contribution in [2.24, 2.45) is 0 Å². The summed E-state index contributed by atoms with van der Waals surface area (Å²) in [6.07, 6.45) is 2.63. The largest absolute Gasteiger partial charge is 0.346 e. The second-order valence-corrected chi connectivity index (χ2v) is 4.11. The quantitative estimate of drug-likeness (QED) is 0.770. The molecule has 0 fully saturated rings. The minimum atomic E-state index is 0.0268. The number of aromatic nitrogens is 1. The van der Waals surface area contributed by atoms with Crippen LogP contribution in [0.5, 0.6) is 0 Å². The summed E-state index contributed by atoms with van der Waals surface area (Å²) in [5.74, 6) is 0.0268. The molecule has 2 N–H and O–H groups in total. The molecule has 84 valence electrons. The van der Waals surface area contributed by atoms with Crippen molar-refractivity contribution in [3.05, 3.63) is 16.6 Å². The van der Waals surface area contributed by atoms with Crippen molar-refractivity contribution in [3.63, 3.8) is 0 Å². The Morgan fingerprint density at radius 2 is 2.40 bits per heavy atom. The zero-order valence-corrected chi connectivity index (χ0v) is 9.93. The summed E-state index contributed by atoms with van der Waals surface area (Å²) in [5, 5.41) is 8.84. The molecular weight excluding hydrogens is 210 g/mol. The normalized spacial score (nSPS) is 12.4. The van der Waals surface area contributed by atoms with Gasteiger partial charge in [-0.3, -0.25) is 4.79 Å². The molecule has 1 heterocycles. The predicted molar refractivity (Wildman–Crippen MR) is 61.8 cm³/mol. The topological polar surface area (TPSA) is 54.0 Å². The molecule has 1 rings (SSSR count). The highest BCUT2D eigenvalue weighted by Gasteiger charge is 2.13. The van der Waals surface area contributed by atoms with Gasteiger partial charge in [-0.05, 0) is 13.0 Å². The molecular formula is C10H17N3OS. The molecule has 5 heteroatoms. The van der Waals surface area contributed by atoms with Crippen LogP contribution in [0.3, 0.4) is 0 Å². The van der Waals surface area contributed by atoms with Crippen molar-refractivity contribution < 1.29 is 4.79 Å². The Balaban J connectivity index is 2.44. The molecule has 4 nitrogen and oxygen atoms in total. The van der Waals surface area contributed by atoms with Crippen LogP contribution in [0.25, 0.3) is 0 Å². The summed E-state index contributed by atoms with van der Waals surface area (Å²) in [7, 11) is 0. The van der Waals surface area contributed by atoms with Gasteiger partial charge in [-0.2, -0.15) is 0 Å². The summed E-state index contributed by atoms with van der Waals surface area (Å²) in [4.78, 5) is 15.7. The first-order valence-corrected chi connectivity index (χ1v) is 6.05. The van der Waals surface area contributed by atoms with E-state index in [4.69, 9.17) is 0 Å². The molecule has 0 spiro atoms. The lowest BCUT2D eigenvalue weighted by atomic mass is 10.2. The molecule has 0 aromatic carbocycles. The second-order valence-electron chi connectivity index (χ2n) is 3.18. The standard InChI is InChI=1S/C10H17N3OS/c1-3-8(10-12-5-6-15-10)13-9(14)7-11-4-2/h5-6,8,11H,3-4,7H2,1-2H3,(H,13,14). The molecule has 0 saturated heterocycles. The highest BCUT2D eigenvalue weighted by Crippen LogP contribution is 2.18. The predicted octanol–water partition coefficient (Wildman–Crippen LogP) is 1.32. The van der Waals surface area contributed by atoms with Crippen LogP contribution in [0.15, 0.2) is 11.6 Å². The highest BCUT2D eigenvalue weighted by molar-refractivity contribution is 7.09. The molecule has 0 aliphatic rings. The van der Waals surface area contributed by atoms with Crippen molar-refractivity contribution in [1.29, 1.82) is 0 Å². The Morgan fingerprint density at radius 3 is 2.93 bits per heavy atom. The van der Waals surface area contributed by atoms with E-state index >= 15 is 0 Å². The molecule has 0 bridgehead atoms. The van der Waals surface area contributed by atoms with Crippen LogP contribution < -0.4 is 10.6 Å². The molecule has 1 amide bonds. The van der Waals surface area contributed by atoms with Gasteiger partial charge in [0.15, 0.2) is 0 Å². The Bertz CT molecular complexity index is 287. The lowest BCUT2D eigenvalue weighted by molar-refractivity contribution is -0.121. The fourth-order valence-corrected chi connectivity index (χ4v) is 2.00. The van der Waals surface area contributed by atoms with Gasteiger partial charge in [0.25, 0.3) is 0 Å². The van der Waals surface area contributed by atoms with E-state index in [9.17, 15) is 4.79 Å². The number of amides is 1. The summed E-state index contributed by atoms with van der Waals surface area (Å²) in [6, 6.07) is 0.0520. The van der Waals surface area contributed by atoms with Gasteiger partial charge in [0, 0.05) is 11.6 Å². The van der Waals surface area contributed by atoms with Crippen LogP contribution in [0, 0.1) is 0 Å². The van der Waals surface area contributed by atoms with E-state index in [2.05, 4.69) is 15.6 Å². The first kappa shape index (κ1) is 12.1. The first-order valence-electron chi connectivity index (χ1n) is 5.17. The molecule has 0 aliphatic carbocycles. The molecule has 1 aromatic heterocycles. The molecule has 0 aliphatic heterocycles. The number of thiazole rings is 1. The molecule has 1 aromatic rings. The van der Waals surface area contributed by atoms with Crippen LogP contribution >= 0.6 is 11.3 Å². The van der Waals surface area contributed by atoms with Gasteiger partial charge in [0.1, 0.15) is 5.01 Å². The van der Waals surface area contributed by atoms with E-state index in [-0.39, 0.29) is 11.9 Å². The van der Waals surface area contributed by atoms with Gasteiger partial charge in [0.2, 0.25) is 5.91 Å². The van der Waals surface area contributed by atoms with Crippen LogP contribution in [0.1, 0.15) is 31.3 Å². The van der Waals surface area contributed by atoms with E-state index < -0.39 is 0 Å². The van der Waals surface area contributed by atoms with E-state index in [0.29, 0.717) is 6.54 Å². The molecule has 0 radical (unpaired) electrons. The number of carbonyl (C=O) groups is 1. The summed E-state index contributed by atoms with van der Waals surface area (Å²) in [5.41, 5.74) is 0. The minimum Gasteiger partial charge on any atom is -0.346 e. The van der Waals surface area contributed by atoms with Crippen LogP contribution in [-0.4, -0.2) is 24.0 Å². The third-order valence-electron chi connectivity index (χ3n) is 2.03. The molecule has 1 unspecified atom stereocenters. The third kappa shape index (κ3) is 3.97. The second kappa shape index (κ2) is 6.53. The Labute approximate surface area is 94.1 Å². The first-order chi connectivity index (χ1) is 7.27. The smallest absolute Gasteiger partial charge is 0.234 e. The van der Waals surface area contributed by atoms with Crippen LogP contribution in [-0.2, 0) is 4.79 Å². The number of nitrogens with zero attached hydrogens (tertiary/aromatic N) is 1. The highest BCUT2D eigenvalue weighted by atomic mass is 32.1. The molecule has 15 heavy (non-hydrogen) atoms. The maximum absolute atomic E-state index is 11.5. The SMILES string of the molecule is CCNCC(=O)NC(CC)c1nccs1. The molecule has 0 saturated carbocycles. The maximum Gasteiger partial charge on any atom is 0.234 e. The number of hydrogen-bond acceptors (Lipinski definition) is 4. The number of carbonyl (C=O) groups excluding carboxylic acids is 1. The zero-order chi connectivity index (χ0) is 11.1. The average Bonchev–Trinajstić information content (AvgIpc) is 2.76. The summed E-state index contributed by atoms with van der Waals surface area (Å²) < 4.78 is 0. The van der Waals surface area contributed by atoms with Crippen LogP contribution in [0.2, 0.25) is 0 Å². The fourth-order valence-electron chi connectivity index (χ4n) is 1.23. The van der Waals surface area contributed by atoms with E-state index in [1.54, 1.807) is 17.5 Å². The Morgan fingerprint density at radius 1 is 1.60 bits per heavy atom. The van der Waals surface area contributed by atoms with E-state index in [1.165, 1.54) is 0 Å². The van der Waals surface area contributed by atoms with Gasteiger partial charge in [-0.15, -0.1) is 11.3 Å². The monoisotopic (exact) mass is 227 g/mol. The summed E-state index contributed by atoms with van der Waals surface area (Å²) in [6.45, 7) is 5.20. The number of hydrogen-bond donors (Lipinski definition) is 2. The van der Waals surface area contributed by atoms with Gasteiger partial charge in [-0.1, -0.05) is 13.8 Å². The number of nitrogens with one attached hydrogen (secondary N) is 2. The van der Waals surface area contributed by atoms with Crippen molar-refractivity contribution in [2.45, 2.75) is 26.3 Å². The van der Waals surface area contributed by atoms with Crippen molar-refractivity contribution in [1.82, 2.24) is 15.6 Å². The Kier molecular flexibility index (Phi) is 5.28. The summed E-state index contributed by atoms with van der Waals surface area (Å²) >= 11 is 1.58. The average molecular weight is 227 g/mol. The van der Waals surface area contributed by atoms with Crippen molar-refractivity contribution >= 4 is 17.2 Å². The molecule has 1 atom stereocenters. The van der Waals surface area contributed by atoms with E-state index in [1.807, 2.05) is 19.2 Å². The van der Waals surface area contributed by atoms with E-state index in [0.717, 1.165) is 18.0 Å². The zero-order valence-electron chi connectivity index (χ0n) is 9.12. The van der Waals surface area contributed by atoms with Gasteiger partial charge in [-0.25, -0.2) is 4.98 Å². The fraction of sp³-hybridized carbons (Fsp3) is 0.600. The minimum absolute atomic E-state index is 0.0268. The maximum atomic E-state index is 11.5. The van der Waals surface area contributed by atoms with Crippen molar-refractivity contribution in [3.8, 4) is 0 Å².